The van der Waals surface area contributed by atoms with Gasteiger partial charge in [-0.05, 0) is 68.1 Å². The lowest BCUT2D eigenvalue weighted by Gasteiger charge is -2.30. The molecule has 2 aromatic rings. The number of piperidine rings is 1. The van der Waals surface area contributed by atoms with Crippen LogP contribution in [0.2, 0.25) is 5.02 Å². The number of carbonyl (C=O) groups is 1. The number of nitrogens with zero attached hydrogens (tertiary/aromatic N) is 2. The maximum absolute atomic E-state index is 13.1. The minimum absolute atomic E-state index is 0. The lowest BCUT2D eigenvalue weighted by atomic mass is 9.98. The van der Waals surface area contributed by atoms with Gasteiger partial charge >= 0.3 is 0 Å². The topological polar surface area (TPSA) is 42.0 Å². The van der Waals surface area contributed by atoms with Gasteiger partial charge in [0.05, 0.1) is 13.0 Å². The first-order valence-corrected chi connectivity index (χ1v) is 11.5. The molecule has 0 aromatic heterocycles. The van der Waals surface area contributed by atoms with E-state index in [2.05, 4.69) is 11.8 Å². The number of carbonyl (C=O) groups excluding carboxylic acids is 1. The molecule has 2 fully saturated rings. The summed E-state index contributed by atoms with van der Waals surface area (Å²) in [6.45, 7) is 6.79. The van der Waals surface area contributed by atoms with Crippen molar-refractivity contribution in [2.24, 2.45) is 5.92 Å². The third-order valence-corrected chi connectivity index (χ3v) is 6.73. The second-order valence-electron chi connectivity index (χ2n) is 8.59. The molecule has 7 heteroatoms. The molecule has 2 aliphatic rings. The van der Waals surface area contributed by atoms with Gasteiger partial charge in [-0.25, -0.2) is 0 Å². The Hall–Kier alpha value is -1.95. The van der Waals surface area contributed by atoms with Crippen molar-refractivity contribution < 1.29 is 14.3 Å². The van der Waals surface area contributed by atoms with E-state index in [-0.39, 0.29) is 24.2 Å². The first-order chi connectivity index (χ1) is 15.0. The van der Waals surface area contributed by atoms with Crippen LogP contribution in [0.1, 0.15) is 37.7 Å². The molecule has 1 unspecified atom stereocenters. The highest BCUT2D eigenvalue weighted by molar-refractivity contribution is 6.30. The quantitative estimate of drug-likeness (QED) is 0.533. The number of ether oxygens (including phenoxy) is 2. The van der Waals surface area contributed by atoms with Gasteiger partial charge in [-0.1, -0.05) is 30.7 Å². The molecule has 0 N–H and O–H groups in total. The Morgan fingerprint density at radius 3 is 2.41 bits per heavy atom. The van der Waals surface area contributed by atoms with Crippen LogP contribution >= 0.6 is 24.0 Å². The second kappa shape index (κ2) is 11.3. The first-order valence-electron chi connectivity index (χ1n) is 11.1. The van der Waals surface area contributed by atoms with E-state index < -0.39 is 0 Å². The van der Waals surface area contributed by atoms with Crippen molar-refractivity contribution in [2.45, 2.75) is 32.1 Å². The number of amides is 1. The Kier molecular flexibility index (Phi) is 8.69. The van der Waals surface area contributed by atoms with E-state index in [4.69, 9.17) is 21.1 Å². The molecule has 0 bridgehead atoms. The summed E-state index contributed by atoms with van der Waals surface area (Å²) in [6.07, 6.45) is 3.30. The van der Waals surface area contributed by atoms with E-state index >= 15 is 0 Å². The second-order valence-corrected chi connectivity index (χ2v) is 9.03. The largest absolute Gasteiger partial charge is 0.493 e. The Labute approximate surface area is 202 Å². The van der Waals surface area contributed by atoms with E-state index in [0.717, 1.165) is 43.2 Å². The van der Waals surface area contributed by atoms with Gasteiger partial charge in [0.25, 0.3) is 0 Å². The molecule has 1 amide bonds. The molecule has 0 radical (unpaired) electrons. The SMILES string of the molecule is COc1ccc(N2CCC(c3ccc(Cl)cc3)C2=O)cc1OCCN1CCC(C)CC1.Cl. The summed E-state index contributed by atoms with van der Waals surface area (Å²) < 4.78 is 11.6. The Balaban J connectivity index is 0.00000289. The van der Waals surface area contributed by atoms with E-state index in [9.17, 15) is 4.79 Å². The van der Waals surface area contributed by atoms with Crippen molar-refractivity contribution in [3.63, 3.8) is 0 Å². The van der Waals surface area contributed by atoms with Gasteiger partial charge in [-0.3, -0.25) is 9.69 Å². The lowest BCUT2D eigenvalue weighted by molar-refractivity contribution is -0.118. The zero-order valence-corrected chi connectivity index (χ0v) is 20.3. The summed E-state index contributed by atoms with van der Waals surface area (Å²) >= 11 is 6.00. The van der Waals surface area contributed by atoms with Crippen LogP contribution in [-0.4, -0.2) is 50.7 Å². The van der Waals surface area contributed by atoms with Crippen molar-refractivity contribution in [3.8, 4) is 11.5 Å². The predicted molar refractivity (Wildman–Crippen MR) is 132 cm³/mol. The molecule has 5 nitrogen and oxygen atoms in total. The first kappa shape index (κ1) is 24.7. The molecule has 2 saturated heterocycles. The van der Waals surface area contributed by atoms with Crippen molar-refractivity contribution in [2.75, 3.05) is 44.8 Å². The van der Waals surface area contributed by atoms with Crippen LogP contribution in [0, 0.1) is 5.92 Å². The standard InChI is InChI=1S/C25H31ClN2O3.ClH/c1-18-9-12-27(13-10-18)15-16-31-24-17-21(7-8-23(24)30-2)28-14-11-22(25(28)29)19-3-5-20(26)6-4-19;/h3-8,17-18,22H,9-16H2,1-2H3;1H. The number of rotatable bonds is 7. The van der Waals surface area contributed by atoms with E-state index in [1.807, 2.05) is 47.4 Å². The molecule has 0 aliphatic carbocycles. The lowest BCUT2D eigenvalue weighted by Crippen LogP contribution is -2.35. The van der Waals surface area contributed by atoms with Crippen LogP contribution in [0.3, 0.4) is 0 Å². The Bertz CT molecular complexity index is 899. The molecule has 2 aromatic carbocycles. The van der Waals surface area contributed by atoms with Gasteiger partial charge in [-0.2, -0.15) is 0 Å². The monoisotopic (exact) mass is 478 g/mol. The van der Waals surface area contributed by atoms with Gasteiger partial charge < -0.3 is 14.4 Å². The maximum atomic E-state index is 13.1. The van der Waals surface area contributed by atoms with Gasteiger partial charge in [0.1, 0.15) is 6.61 Å². The van der Waals surface area contributed by atoms with E-state index in [1.54, 1.807) is 7.11 Å². The summed E-state index contributed by atoms with van der Waals surface area (Å²) in [5.41, 5.74) is 1.86. The van der Waals surface area contributed by atoms with Crippen LogP contribution in [-0.2, 0) is 4.79 Å². The van der Waals surface area contributed by atoms with Crippen LogP contribution in [0.5, 0.6) is 11.5 Å². The fourth-order valence-electron chi connectivity index (χ4n) is 4.46. The van der Waals surface area contributed by atoms with Crippen LogP contribution in [0.4, 0.5) is 5.69 Å². The minimum atomic E-state index is -0.134. The normalized spacial score (nSPS) is 19.7. The molecular formula is C25H32Cl2N2O3. The molecule has 2 aliphatic heterocycles. The third-order valence-electron chi connectivity index (χ3n) is 6.48. The smallest absolute Gasteiger partial charge is 0.234 e. The minimum Gasteiger partial charge on any atom is -0.493 e. The van der Waals surface area contributed by atoms with Gasteiger partial charge in [-0.15, -0.1) is 12.4 Å². The predicted octanol–water partition coefficient (Wildman–Crippen LogP) is 5.40. The molecule has 0 saturated carbocycles. The van der Waals surface area contributed by atoms with Gasteiger partial charge in [0.2, 0.25) is 5.91 Å². The Morgan fingerprint density at radius 1 is 1.00 bits per heavy atom. The highest BCUT2D eigenvalue weighted by Gasteiger charge is 2.34. The molecule has 2 heterocycles. The van der Waals surface area contributed by atoms with Gasteiger partial charge in [0.15, 0.2) is 11.5 Å². The summed E-state index contributed by atoms with van der Waals surface area (Å²) in [5, 5.41) is 0.682. The molecule has 0 spiro atoms. The number of anilines is 1. The zero-order chi connectivity index (χ0) is 21.8. The molecule has 174 valence electrons. The molecule has 4 rings (SSSR count). The number of hydrogen-bond acceptors (Lipinski definition) is 4. The number of halogens is 2. The molecule has 1 atom stereocenters. The summed E-state index contributed by atoms with van der Waals surface area (Å²) in [6, 6.07) is 13.3. The fraction of sp³-hybridized carbons (Fsp3) is 0.480. The van der Waals surface area contributed by atoms with E-state index in [0.29, 0.717) is 29.7 Å². The molecule has 32 heavy (non-hydrogen) atoms. The van der Waals surface area contributed by atoms with Crippen molar-refractivity contribution >= 4 is 35.6 Å². The highest BCUT2D eigenvalue weighted by atomic mass is 35.5. The average molecular weight is 479 g/mol. The maximum Gasteiger partial charge on any atom is 0.234 e. The number of benzene rings is 2. The third kappa shape index (κ3) is 5.69. The van der Waals surface area contributed by atoms with Crippen molar-refractivity contribution in [1.29, 1.82) is 0 Å². The number of methoxy groups -OCH3 is 1. The number of hydrogen-bond donors (Lipinski definition) is 0. The number of likely N-dealkylation sites (tertiary alicyclic amines) is 1. The summed E-state index contributed by atoms with van der Waals surface area (Å²) in [5.74, 6) is 2.18. The zero-order valence-electron chi connectivity index (χ0n) is 18.8. The highest BCUT2D eigenvalue weighted by Crippen LogP contribution is 2.37. The van der Waals surface area contributed by atoms with Crippen LogP contribution in [0.15, 0.2) is 42.5 Å². The molecular weight excluding hydrogens is 447 g/mol. The van der Waals surface area contributed by atoms with Gasteiger partial charge in [0, 0.05) is 29.9 Å². The van der Waals surface area contributed by atoms with Crippen LogP contribution < -0.4 is 14.4 Å². The Morgan fingerprint density at radius 2 is 1.72 bits per heavy atom. The average Bonchev–Trinajstić information content (AvgIpc) is 3.17. The van der Waals surface area contributed by atoms with E-state index in [1.165, 1.54) is 12.8 Å². The summed E-state index contributed by atoms with van der Waals surface area (Å²) in [7, 11) is 1.64. The summed E-state index contributed by atoms with van der Waals surface area (Å²) in [4.78, 5) is 17.4. The fourth-order valence-corrected chi connectivity index (χ4v) is 4.58. The van der Waals surface area contributed by atoms with Crippen LogP contribution in [0.25, 0.3) is 0 Å². The van der Waals surface area contributed by atoms with Crippen molar-refractivity contribution in [3.05, 3.63) is 53.1 Å². The van der Waals surface area contributed by atoms with Crippen molar-refractivity contribution in [1.82, 2.24) is 4.90 Å².